The van der Waals surface area contributed by atoms with Crippen molar-refractivity contribution in [3.05, 3.63) is 41.5 Å². The van der Waals surface area contributed by atoms with Crippen LogP contribution in [-0.2, 0) is 22.6 Å². The Bertz CT molecular complexity index is 1020. The predicted molar refractivity (Wildman–Crippen MR) is 114 cm³/mol. The van der Waals surface area contributed by atoms with E-state index in [4.69, 9.17) is 18.9 Å². The number of carbonyl (C=O) groups excluding carboxylic acids is 2. The molecule has 2 heterocycles. The van der Waals surface area contributed by atoms with Gasteiger partial charge in [-0.15, -0.1) is 0 Å². The van der Waals surface area contributed by atoms with Gasteiger partial charge in [0.25, 0.3) is 5.91 Å². The first kappa shape index (κ1) is 21.0. The summed E-state index contributed by atoms with van der Waals surface area (Å²) in [5, 5.41) is 0. The summed E-state index contributed by atoms with van der Waals surface area (Å²) in [7, 11) is 6.26. The molecule has 0 aliphatic carbocycles. The van der Waals surface area contributed by atoms with E-state index in [1.54, 1.807) is 32.4 Å². The van der Waals surface area contributed by atoms with Crippen LogP contribution in [0.25, 0.3) is 0 Å². The summed E-state index contributed by atoms with van der Waals surface area (Å²) in [5.74, 6) is 1.84. The number of benzene rings is 2. The maximum Gasteiger partial charge on any atom is 0.251 e. The Morgan fingerprint density at radius 1 is 0.839 bits per heavy atom. The molecule has 8 heteroatoms. The van der Waals surface area contributed by atoms with Crippen LogP contribution in [0.3, 0.4) is 0 Å². The van der Waals surface area contributed by atoms with Crippen molar-refractivity contribution >= 4 is 17.5 Å². The molecule has 0 radical (unpaired) electrons. The van der Waals surface area contributed by atoms with E-state index in [-0.39, 0.29) is 18.2 Å². The van der Waals surface area contributed by atoms with Crippen molar-refractivity contribution in [1.82, 2.24) is 4.90 Å². The van der Waals surface area contributed by atoms with E-state index in [0.29, 0.717) is 41.8 Å². The van der Waals surface area contributed by atoms with E-state index < -0.39 is 6.04 Å². The number of nitrogens with zero attached hydrogens (tertiary/aromatic N) is 2. The second-order valence-electron chi connectivity index (χ2n) is 7.52. The summed E-state index contributed by atoms with van der Waals surface area (Å²) in [4.78, 5) is 29.5. The average molecular weight is 426 g/mol. The Labute approximate surface area is 181 Å². The van der Waals surface area contributed by atoms with Gasteiger partial charge >= 0.3 is 0 Å². The number of hydrogen-bond donors (Lipinski definition) is 0. The molecule has 2 aromatic carbocycles. The van der Waals surface area contributed by atoms with Crippen molar-refractivity contribution in [2.24, 2.45) is 0 Å². The van der Waals surface area contributed by atoms with Gasteiger partial charge < -0.3 is 18.9 Å². The number of imide groups is 1. The quantitative estimate of drug-likeness (QED) is 0.657. The third-order valence-electron chi connectivity index (χ3n) is 5.94. The molecule has 164 valence electrons. The molecule has 0 aromatic heterocycles. The van der Waals surface area contributed by atoms with Crippen LogP contribution >= 0.6 is 0 Å². The van der Waals surface area contributed by atoms with E-state index in [0.717, 1.165) is 17.5 Å². The zero-order valence-electron chi connectivity index (χ0n) is 18.1. The first-order chi connectivity index (χ1) is 15.0. The third kappa shape index (κ3) is 3.67. The van der Waals surface area contributed by atoms with E-state index in [1.807, 2.05) is 12.1 Å². The molecule has 4 rings (SSSR count). The number of methoxy groups -OCH3 is 4. The fraction of sp³-hybridized carbons (Fsp3) is 0.391. The van der Waals surface area contributed by atoms with Crippen molar-refractivity contribution in [1.29, 1.82) is 0 Å². The van der Waals surface area contributed by atoms with Gasteiger partial charge in [-0.25, -0.2) is 4.90 Å². The van der Waals surface area contributed by atoms with Crippen LogP contribution in [0.5, 0.6) is 23.0 Å². The van der Waals surface area contributed by atoms with Crippen molar-refractivity contribution in [2.45, 2.75) is 25.4 Å². The highest BCUT2D eigenvalue weighted by molar-refractivity contribution is 6.23. The molecular formula is C23H26N2O6. The van der Waals surface area contributed by atoms with Crippen molar-refractivity contribution in [3.63, 3.8) is 0 Å². The molecule has 1 atom stereocenters. The molecule has 2 aromatic rings. The minimum absolute atomic E-state index is 0.127. The van der Waals surface area contributed by atoms with Crippen LogP contribution in [0.15, 0.2) is 30.3 Å². The highest BCUT2D eigenvalue weighted by Crippen LogP contribution is 2.38. The first-order valence-electron chi connectivity index (χ1n) is 10.1. The fourth-order valence-corrected chi connectivity index (χ4v) is 4.30. The third-order valence-corrected chi connectivity index (χ3v) is 5.94. The summed E-state index contributed by atoms with van der Waals surface area (Å²) in [6.07, 6.45) is 0.887. The van der Waals surface area contributed by atoms with E-state index >= 15 is 0 Å². The topological polar surface area (TPSA) is 77.5 Å². The average Bonchev–Trinajstić information content (AvgIpc) is 3.10. The molecule has 2 amide bonds. The molecule has 31 heavy (non-hydrogen) atoms. The van der Waals surface area contributed by atoms with Crippen LogP contribution < -0.4 is 23.8 Å². The Morgan fingerprint density at radius 2 is 1.52 bits per heavy atom. The SMILES string of the molecule is COc1ccc(OC)c(N2C(=O)C[C@@H](N3CCc4cc(OC)c(OC)cc4C3)C2=O)c1. The number of carbonyl (C=O) groups is 2. The molecule has 1 fully saturated rings. The fourth-order valence-electron chi connectivity index (χ4n) is 4.30. The monoisotopic (exact) mass is 426 g/mol. The number of rotatable bonds is 6. The van der Waals surface area contributed by atoms with E-state index in [2.05, 4.69) is 4.90 Å². The number of hydrogen-bond acceptors (Lipinski definition) is 7. The molecule has 8 nitrogen and oxygen atoms in total. The molecular weight excluding hydrogens is 400 g/mol. The van der Waals surface area contributed by atoms with Crippen molar-refractivity contribution in [2.75, 3.05) is 39.9 Å². The van der Waals surface area contributed by atoms with E-state index in [9.17, 15) is 9.59 Å². The van der Waals surface area contributed by atoms with Gasteiger partial charge in [0.15, 0.2) is 11.5 Å². The van der Waals surface area contributed by atoms with Crippen molar-refractivity contribution in [3.8, 4) is 23.0 Å². The Morgan fingerprint density at radius 3 is 2.16 bits per heavy atom. The molecule has 2 aliphatic heterocycles. The van der Waals surface area contributed by atoms with Crippen LogP contribution in [0.4, 0.5) is 5.69 Å². The Balaban J connectivity index is 1.61. The zero-order valence-corrected chi connectivity index (χ0v) is 18.1. The summed E-state index contributed by atoms with van der Waals surface area (Å²) in [6.45, 7) is 1.23. The van der Waals surface area contributed by atoms with Crippen molar-refractivity contribution < 1.29 is 28.5 Å². The Kier molecular flexibility index (Phi) is 5.73. The van der Waals surface area contributed by atoms with Gasteiger partial charge in [0.05, 0.1) is 46.6 Å². The minimum Gasteiger partial charge on any atom is -0.497 e. The van der Waals surface area contributed by atoms with Gasteiger partial charge in [-0.3, -0.25) is 14.5 Å². The standard InChI is InChI=1S/C23H26N2O6/c1-28-16-5-6-19(29-2)17(11-16)25-22(26)12-18(23(25)27)24-8-7-14-9-20(30-3)21(31-4)10-15(14)13-24/h5-6,9-11,18H,7-8,12-13H2,1-4H3/t18-/m1/s1. The highest BCUT2D eigenvalue weighted by Gasteiger charge is 2.44. The lowest BCUT2D eigenvalue weighted by atomic mass is 9.97. The molecule has 0 N–H and O–H groups in total. The molecule has 2 aliphatic rings. The number of anilines is 1. The van der Waals surface area contributed by atoms with Crippen LogP contribution in [0.1, 0.15) is 17.5 Å². The smallest absolute Gasteiger partial charge is 0.251 e. The molecule has 1 saturated heterocycles. The zero-order chi connectivity index (χ0) is 22.1. The summed E-state index contributed by atoms with van der Waals surface area (Å²) in [5.41, 5.74) is 2.64. The minimum atomic E-state index is -0.523. The molecule has 0 spiro atoms. The summed E-state index contributed by atoms with van der Waals surface area (Å²) < 4.78 is 21.5. The van der Waals surface area contributed by atoms with Gasteiger partial charge in [-0.1, -0.05) is 0 Å². The lowest BCUT2D eigenvalue weighted by Gasteiger charge is -2.32. The Hall–Kier alpha value is -3.26. The van der Waals surface area contributed by atoms with Gasteiger partial charge in [0.2, 0.25) is 5.91 Å². The lowest BCUT2D eigenvalue weighted by Crippen LogP contribution is -2.44. The second kappa shape index (κ2) is 8.47. The van der Waals surface area contributed by atoms with Gasteiger partial charge in [0.1, 0.15) is 11.5 Å². The lowest BCUT2D eigenvalue weighted by molar-refractivity contribution is -0.123. The second-order valence-corrected chi connectivity index (χ2v) is 7.52. The molecule has 0 bridgehead atoms. The van der Waals surface area contributed by atoms with Gasteiger partial charge in [-0.2, -0.15) is 0 Å². The van der Waals surface area contributed by atoms with Crippen LogP contribution in [-0.4, -0.2) is 57.7 Å². The van der Waals surface area contributed by atoms with Crippen LogP contribution in [0, 0.1) is 0 Å². The highest BCUT2D eigenvalue weighted by atomic mass is 16.5. The number of fused-ring (bicyclic) bond motifs is 1. The normalized spacial score (nSPS) is 18.7. The van der Waals surface area contributed by atoms with Gasteiger partial charge in [-0.05, 0) is 41.8 Å². The summed E-state index contributed by atoms with van der Waals surface area (Å²) >= 11 is 0. The summed E-state index contributed by atoms with van der Waals surface area (Å²) in [6, 6.07) is 8.49. The molecule has 0 saturated carbocycles. The number of ether oxygens (including phenoxy) is 4. The maximum absolute atomic E-state index is 13.3. The predicted octanol–water partition coefficient (Wildman–Crippen LogP) is 2.41. The van der Waals surface area contributed by atoms with Crippen LogP contribution in [0.2, 0.25) is 0 Å². The number of amides is 2. The van der Waals surface area contributed by atoms with Gasteiger partial charge in [0, 0.05) is 19.2 Å². The maximum atomic E-state index is 13.3. The van der Waals surface area contributed by atoms with E-state index in [1.165, 1.54) is 19.1 Å². The first-order valence-corrected chi connectivity index (χ1v) is 10.1. The molecule has 0 unspecified atom stereocenters. The largest absolute Gasteiger partial charge is 0.497 e.